The molecule has 0 radical (unpaired) electrons. The van der Waals surface area contributed by atoms with Gasteiger partial charge in [-0.3, -0.25) is 14.6 Å². The van der Waals surface area contributed by atoms with Crippen molar-refractivity contribution in [2.24, 2.45) is 0 Å². The van der Waals surface area contributed by atoms with Gasteiger partial charge in [-0.1, -0.05) is 6.07 Å². The van der Waals surface area contributed by atoms with Crippen molar-refractivity contribution in [1.82, 2.24) is 9.97 Å². The number of aryl methyl sites for hydroxylation is 1. The minimum absolute atomic E-state index is 0.0935. The number of anilines is 2. The molecule has 112 valence electrons. The lowest BCUT2D eigenvalue weighted by Gasteiger charge is -2.34. The third kappa shape index (κ3) is 2.31. The average Bonchev–Trinajstić information content (AvgIpc) is 2.51. The first-order chi connectivity index (χ1) is 10.5. The number of hydrogen-bond donors (Lipinski definition) is 0. The minimum Gasteiger partial charge on any atom is -0.298 e. The lowest BCUT2D eigenvalue weighted by molar-refractivity contribution is 0.112. The second kappa shape index (κ2) is 5.38. The summed E-state index contributed by atoms with van der Waals surface area (Å²) >= 11 is 5.79. The Labute approximate surface area is 132 Å². The Morgan fingerprint density at radius 3 is 2.86 bits per heavy atom. The van der Waals surface area contributed by atoms with Gasteiger partial charge in [-0.05, 0) is 36.2 Å². The zero-order valence-corrected chi connectivity index (χ0v) is 12.8. The topological polar surface area (TPSA) is 66.4 Å². The zero-order chi connectivity index (χ0) is 15.9. The number of aldehydes is 1. The first kappa shape index (κ1) is 14.5. The van der Waals surface area contributed by atoms with Crippen molar-refractivity contribution in [2.75, 3.05) is 16.8 Å². The number of rotatable bonds is 2. The van der Waals surface area contributed by atoms with E-state index >= 15 is 0 Å². The van der Waals surface area contributed by atoms with Crippen LogP contribution in [0.4, 0.5) is 16.3 Å². The first-order valence-corrected chi connectivity index (χ1v) is 7.01. The molecule has 0 bridgehead atoms. The molecule has 1 aliphatic rings. The highest BCUT2D eigenvalue weighted by molar-refractivity contribution is 6.28. The van der Waals surface area contributed by atoms with Crippen molar-refractivity contribution in [1.29, 1.82) is 0 Å². The molecule has 1 aliphatic heterocycles. The van der Waals surface area contributed by atoms with E-state index in [1.807, 2.05) is 19.1 Å². The summed E-state index contributed by atoms with van der Waals surface area (Å²) in [6.07, 6.45) is 2.34. The highest BCUT2D eigenvalue weighted by atomic mass is 35.5. The predicted octanol–water partition coefficient (Wildman–Crippen LogP) is 2.83. The Morgan fingerprint density at radius 2 is 2.14 bits per heavy atom. The van der Waals surface area contributed by atoms with E-state index in [2.05, 4.69) is 9.97 Å². The Bertz CT molecular complexity index is 778. The molecule has 0 spiro atoms. The standard InChI is InChI=1S/C15H13ClN4O2/c1-9-3-4-10(8-21)12(5-9)20-7-11-6-17-14(16)18-13(11)19(2)15(20)22/h3-6,8H,7H2,1-2H3. The van der Waals surface area contributed by atoms with Gasteiger partial charge >= 0.3 is 6.03 Å². The van der Waals surface area contributed by atoms with Crippen LogP contribution in [0.3, 0.4) is 0 Å². The van der Waals surface area contributed by atoms with Crippen LogP contribution in [0.15, 0.2) is 24.4 Å². The largest absolute Gasteiger partial charge is 0.330 e. The van der Waals surface area contributed by atoms with Gasteiger partial charge < -0.3 is 0 Å². The van der Waals surface area contributed by atoms with Gasteiger partial charge in [0, 0.05) is 24.4 Å². The zero-order valence-electron chi connectivity index (χ0n) is 12.1. The summed E-state index contributed by atoms with van der Waals surface area (Å²) in [5, 5.41) is 0.0935. The van der Waals surface area contributed by atoms with Crippen molar-refractivity contribution >= 4 is 35.4 Å². The minimum atomic E-state index is -0.268. The SMILES string of the molecule is Cc1ccc(C=O)c(N2Cc3cnc(Cl)nc3N(C)C2=O)c1. The van der Waals surface area contributed by atoms with Gasteiger partial charge in [-0.25, -0.2) is 9.78 Å². The van der Waals surface area contributed by atoms with E-state index in [4.69, 9.17) is 11.6 Å². The van der Waals surface area contributed by atoms with Crippen LogP contribution in [0.5, 0.6) is 0 Å². The highest BCUT2D eigenvalue weighted by Crippen LogP contribution is 2.31. The van der Waals surface area contributed by atoms with E-state index in [1.165, 1.54) is 9.80 Å². The summed E-state index contributed by atoms with van der Waals surface area (Å²) in [7, 11) is 1.62. The first-order valence-electron chi connectivity index (χ1n) is 6.63. The van der Waals surface area contributed by atoms with Crippen LogP contribution in [0.2, 0.25) is 5.28 Å². The van der Waals surface area contributed by atoms with Crippen LogP contribution < -0.4 is 9.80 Å². The smallest absolute Gasteiger partial charge is 0.298 e. The summed E-state index contributed by atoms with van der Waals surface area (Å²) in [6, 6.07) is 5.09. The number of fused-ring (bicyclic) bond motifs is 1. The molecular weight excluding hydrogens is 304 g/mol. The van der Waals surface area contributed by atoms with Gasteiger partial charge in [0.05, 0.1) is 12.2 Å². The highest BCUT2D eigenvalue weighted by Gasteiger charge is 2.31. The number of nitrogens with zero attached hydrogens (tertiary/aromatic N) is 4. The monoisotopic (exact) mass is 316 g/mol. The van der Waals surface area contributed by atoms with Gasteiger partial charge in [0.2, 0.25) is 5.28 Å². The van der Waals surface area contributed by atoms with E-state index in [9.17, 15) is 9.59 Å². The fourth-order valence-corrected chi connectivity index (χ4v) is 2.59. The van der Waals surface area contributed by atoms with E-state index in [1.54, 1.807) is 19.3 Å². The number of carbonyl (C=O) groups is 2. The maximum atomic E-state index is 12.6. The number of carbonyl (C=O) groups excluding carboxylic acids is 2. The Morgan fingerprint density at radius 1 is 1.36 bits per heavy atom. The van der Waals surface area contributed by atoms with E-state index in [-0.39, 0.29) is 11.3 Å². The van der Waals surface area contributed by atoms with E-state index < -0.39 is 0 Å². The maximum absolute atomic E-state index is 12.6. The molecule has 2 amide bonds. The molecule has 0 saturated carbocycles. The molecule has 22 heavy (non-hydrogen) atoms. The third-order valence-corrected chi connectivity index (χ3v) is 3.76. The molecule has 0 saturated heterocycles. The third-order valence-electron chi connectivity index (χ3n) is 3.58. The molecule has 1 aromatic heterocycles. The fraction of sp³-hybridized carbons (Fsp3) is 0.200. The van der Waals surface area contributed by atoms with Crippen LogP contribution in [-0.4, -0.2) is 29.3 Å². The average molecular weight is 317 g/mol. The molecule has 0 fully saturated rings. The molecular formula is C15H13ClN4O2. The molecule has 1 aromatic carbocycles. The molecule has 0 unspecified atom stereocenters. The van der Waals surface area contributed by atoms with Gasteiger partial charge in [-0.15, -0.1) is 0 Å². The van der Waals surface area contributed by atoms with Crippen LogP contribution in [0.1, 0.15) is 21.5 Å². The van der Waals surface area contributed by atoms with Crippen LogP contribution in [0, 0.1) is 6.92 Å². The van der Waals surface area contributed by atoms with Gasteiger partial charge in [-0.2, -0.15) is 4.98 Å². The quantitative estimate of drug-likeness (QED) is 0.631. The second-order valence-corrected chi connectivity index (χ2v) is 5.43. The summed E-state index contributed by atoms with van der Waals surface area (Å²) in [5.74, 6) is 0.488. The van der Waals surface area contributed by atoms with Gasteiger partial charge in [0.15, 0.2) is 6.29 Å². The van der Waals surface area contributed by atoms with Crippen LogP contribution in [-0.2, 0) is 6.54 Å². The second-order valence-electron chi connectivity index (χ2n) is 5.10. The Balaban J connectivity index is 2.10. The number of amides is 2. The Hall–Kier alpha value is -2.47. The fourth-order valence-electron chi connectivity index (χ4n) is 2.46. The van der Waals surface area contributed by atoms with Crippen LogP contribution >= 0.6 is 11.6 Å². The van der Waals surface area contributed by atoms with Crippen molar-refractivity contribution in [3.63, 3.8) is 0 Å². The summed E-state index contributed by atoms with van der Waals surface area (Å²) in [6.45, 7) is 2.20. The number of benzene rings is 1. The molecule has 6 nitrogen and oxygen atoms in total. The van der Waals surface area contributed by atoms with Crippen molar-refractivity contribution in [3.05, 3.63) is 46.4 Å². The Kier molecular flexibility index (Phi) is 3.54. The summed E-state index contributed by atoms with van der Waals surface area (Å²) in [5.41, 5.74) is 2.78. The van der Waals surface area contributed by atoms with Crippen molar-refractivity contribution < 1.29 is 9.59 Å². The molecule has 2 aromatic rings. The summed E-state index contributed by atoms with van der Waals surface area (Å²) in [4.78, 5) is 34.9. The molecule has 0 aliphatic carbocycles. The predicted molar refractivity (Wildman–Crippen MR) is 83.6 cm³/mol. The van der Waals surface area contributed by atoms with Crippen molar-refractivity contribution in [2.45, 2.75) is 13.5 Å². The molecule has 3 rings (SSSR count). The van der Waals surface area contributed by atoms with Crippen LogP contribution in [0.25, 0.3) is 0 Å². The van der Waals surface area contributed by atoms with Gasteiger partial charge in [0.1, 0.15) is 5.82 Å². The number of hydrogen-bond acceptors (Lipinski definition) is 4. The van der Waals surface area contributed by atoms with Crippen molar-refractivity contribution in [3.8, 4) is 0 Å². The van der Waals surface area contributed by atoms with E-state index in [0.717, 1.165) is 17.4 Å². The molecule has 7 heteroatoms. The number of aromatic nitrogens is 2. The number of halogens is 1. The normalized spacial score (nSPS) is 14.0. The van der Waals surface area contributed by atoms with E-state index in [0.29, 0.717) is 23.6 Å². The molecule has 2 heterocycles. The number of urea groups is 1. The molecule has 0 N–H and O–H groups in total. The lowest BCUT2D eigenvalue weighted by atomic mass is 10.1. The lowest BCUT2D eigenvalue weighted by Crippen LogP contribution is -2.46. The summed E-state index contributed by atoms with van der Waals surface area (Å²) < 4.78 is 0. The van der Waals surface area contributed by atoms with Gasteiger partial charge in [0.25, 0.3) is 0 Å². The maximum Gasteiger partial charge on any atom is 0.330 e. The molecule has 0 atom stereocenters.